The van der Waals surface area contributed by atoms with E-state index in [2.05, 4.69) is 0 Å². The van der Waals surface area contributed by atoms with Crippen molar-refractivity contribution < 1.29 is 18.4 Å². The van der Waals surface area contributed by atoms with Crippen LogP contribution < -0.4 is 5.73 Å². The van der Waals surface area contributed by atoms with E-state index in [4.69, 9.17) is 10.6 Å². The van der Waals surface area contributed by atoms with Crippen molar-refractivity contribution in [2.24, 2.45) is 11.7 Å². The molecule has 1 saturated heterocycles. The molecule has 4 nitrogen and oxygen atoms in total. The van der Waals surface area contributed by atoms with Gasteiger partial charge in [-0.3, -0.25) is 9.63 Å². The van der Waals surface area contributed by atoms with E-state index in [0.29, 0.717) is 31.4 Å². The Bertz CT molecular complexity index is 517. The fourth-order valence-corrected chi connectivity index (χ4v) is 2.80. The number of hydrogen-bond acceptors (Lipinski definition) is 3. The molecular weight excluding hydrogens is 302 g/mol. The lowest BCUT2D eigenvalue weighted by Crippen LogP contribution is -2.46. The lowest BCUT2D eigenvalue weighted by Gasteiger charge is -2.35. The molecule has 1 aliphatic carbocycles. The van der Waals surface area contributed by atoms with Gasteiger partial charge in [0.1, 0.15) is 11.6 Å². The standard InChI is InChI=1S/C14H16F2N2O2.ClH/c15-10-3-8(4-11(16)7-10)13-1-2-20-18(13)14(19)9-5-12(17)6-9;/h3-4,7,9,12-13H,1-2,5-6,17H2;1H/t9-,12+,13-;/m0./s1. The van der Waals surface area contributed by atoms with E-state index in [9.17, 15) is 13.6 Å². The van der Waals surface area contributed by atoms with Gasteiger partial charge in [0.15, 0.2) is 0 Å². The van der Waals surface area contributed by atoms with Crippen LogP contribution in [0.1, 0.15) is 30.9 Å². The van der Waals surface area contributed by atoms with Crippen molar-refractivity contribution in [1.29, 1.82) is 0 Å². The van der Waals surface area contributed by atoms with Gasteiger partial charge >= 0.3 is 0 Å². The highest BCUT2D eigenvalue weighted by Gasteiger charge is 2.40. The number of hydrogen-bond donors (Lipinski definition) is 1. The van der Waals surface area contributed by atoms with E-state index in [1.807, 2.05) is 0 Å². The van der Waals surface area contributed by atoms with Gasteiger partial charge in [0, 0.05) is 24.4 Å². The Morgan fingerprint density at radius 2 is 1.86 bits per heavy atom. The number of carbonyl (C=O) groups excluding carboxylic acids is 1. The van der Waals surface area contributed by atoms with Gasteiger partial charge in [0.25, 0.3) is 0 Å². The molecule has 1 aromatic rings. The molecule has 0 radical (unpaired) electrons. The van der Waals surface area contributed by atoms with Gasteiger partial charge < -0.3 is 5.73 Å². The fourth-order valence-electron chi connectivity index (χ4n) is 2.80. The predicted molar refractivity (Wildman–Crippen MR) is 74.5 cm³/mol. The first-order chi connectivity index (χ1) is 9.54. The van der Waals surface area contributed by atoms with Crippen LogP contribution in [0.3, 0.4) is 0 Å². The maximum Gasteiger partial charge on any atom is 0.249 e. The lowest BCUT2D eigenvalue weighted by molar-refractivity contribution is -0.185. The lowest BCUT2D eigenvalue weighted by atomic mass is 9.80. The van der Waals surface area contributed by atoms with E-state index < -0.39 is 17.7 Å². The molecule has 21 heavy (non-hydrogen) atoms. The van der Waals surface area contributed by atoms with Gasteiger partial charge in [0.2, 0.25) is 5.91 Å². The summed E-state index contributed by atoms with van der Waals surface area (Å²) in [5, 5.41) is 1.27. The van der Waals surface area contributed by atoms with Crippen molar-refractivity contribution in [1.82, 2.24) is 5.06 Å². The van der Waals surface area contributed by atoms with Crippen molar-refractivity contribution in [3.8, 4) is 0 Å². The van der Waals surface area contributed by atoms with Gasteiger partial charge in [-0.15, -0.1) is 12.4 Å². The van der Waals surface area contributed by atoms with E-state index in [1.54, 1.807) is 0 Å². The third-order valence-electron chi connectivity index (χ3n) is 3.92. The van der Waals surface area contributed by atoms with Crippen LogP contribution in [0.15, 0.2) is 18.2 Å². The predicted octanol–water partition coefficient (Wildman–Crippen LogP) is 2.33. The molecule has 1 heterocycles. The van der Waals surface area contributed by atoms with Gasteiger partial charge in [-0.25, -0.2) is 13.8 Å². The molecule has 2 N–H and O–H groups in total. The third kappa shape index (κ3) is 3.17. The summed E-state index contributed by atoms with van der Waals surface area (Å²) in [5.41, 5.74) is 6.11. The summed E-state index contributed by atoms with van der Waals surface area (Å²) in [5.74, 6) is -1.57. The van der Waals surface area contributed by atoms with Gasteiger partial charge in [-0.1, -0.05) is 0 Å². The zero-order valence-electron chi connectivity index (χ0n) is 11.3. The molecular formula is C14H17ClF2N2O2. The average Bonchev–Trinajstić information content (AvgIpc) is 2.82. The maximum absolute atomic E-state index is 13.3. The molecule has 0 spiro atoms. The Morgan fingerprint density at radius 3 is 2.43 bits per heavy atom. The Kier molecular flexibility index (Phi) is 4.81. The molecule has 2 aliphatic rings. The van der Waals surface area contributed by atoms with Crippen molar-refractivity contribution in [2.45, 2.75) is 31.3 Å². The monoisotopic (exact) mass is 318 g/mol. The quantitative estimate of drug-likeness (QED) is 0.910. The Balaban J connectivity index is 0.00000161. The van der Waals surface area contributed by atoms with Crippen LogP contribution in [0.2, 0.25) is 0 Å². The van der Waals surface area contributed by atoms with Crippen LogP contribution in [0.4, 0.5) is 8.78 Å². The van der Waals surface area contributed by atoms with Crippen molar-refractivity contribution in [2.75, 3.05) is 6.61 Å². The third-order valence-corrected chi connectivity index (χ3v) is 3.92. The normalized spacial score (nSPS) is 28.0. The molecule has 1 aliphatic heterocycles. The number of nitrogens with two attached hydrogens (primary N) is 1. The number of nitrogens with zero attached hydrogens (tertiary/aromatic N) is 1. The largest absolute Gasteiger partial charge is 0.328 e. The number of hydroxylamine groups is 2. The second-order valence-corrected chi connectivity index (χ2v) is 5.43. The van der Waals surface area contributed by atoms with Gasteiger partial charge in [0.05, 0.1) is 12.6 Å². The summed E-state index contributed by atoms with van der Waals surface area (Å²) in [6.07, 6.45) is 1.82. The molecule has 0 aromatic heterocycles. The van der Waals surface area contributed by atoms with E-state index in [-0.39, 0.29) is 30.3 Å². The number of amides is 1. The van der Waals surface area contributed by atoms with Crippen molar-refractivity contribution in [3.63, 3.8) is 0 Å². The van der Waals surface area contributed by atoms with E-state index in [0.717, 1.165) is 6.07 Å². The SMILES string of the molecule is Cl.N[C@H]1C[C@@H](C(=O)N2OCC[C@H]2c2cc(F)cc(F)c2)C1. The molecule has 1 saturated carbocycles. The maximum atomic E-state index is 13.3. The molecule has 1 aromatic carbocycles. The minimum atomic E-state index is -0.648. The summed E-state index contributed by atoms with van der Waals surface area (Å²) in [6, 6.07) is 2.95. The van der Waals surface area contributed by atoms with E-state index >= 15 is 0 Å². The Hall–Kier alpha value is -1.24. The van der Waals surface area contributed by atoms with Crippen LogP contribution in [0, 0.1) is 17.6 Å². The van der Waals surface area contributed by atoms with Crippen molar-refractivity contribution >= 4 is 18.3 Å². The Morgan fingerprint density at radius 1 is 1.24 bits per heavy atom. The molecule has 1 amide bonds. The summed E-state index contributed by atoms with van der Waals surface area (Å²) in [6.45, 7) is 0.368. The highest BCUT2D eigenvalue weighted by Crippen LogP contribution is 2.36. The van der Waals surface area contributed by atoms with Crippen LogP contribution in [-0.4, -0.2) is 23.6 Å². The summed E-state index contributed by atoms with van der Waals surface area (Å²) in [7, 11) is 0. The van der Waals surface area contributed by atoms with Crippen LogP contribution in [-0.2, 0) is 9.63 Å². The Labute approximate surface area is 127 Å². The smallest absolute Gasteiger partial charge is 0.249 e. The molecule has 0 unspecified atom stereocenters. The first-order valence-electron chi connectivity index (χ1n) is 6.72. The highest BCUT2D eigenvalue weighted by molar-refractivity contribution is 5.85. The summed E-state index contributed by atoms with van der Waals surface area (Å²) in [4.78, 5) is 17.6. The van der Waals surface area contributed by atoms with Crippen LogP contribution in [0.5, 0.6) is 0 Å². The molecule has 0 bridgehead atoms. The van der Waals surface area contributed by atoms with Crippen molar-refractivity contribution in [3.05, 3.63) is 35.4 Å². The van der Waals surface area contributed by atoms with Crippen LogP contribution >= 0.6 is 12.4 Å². The molecule has 1 atom stereocenters. The second kappa shape index (κ2) is 6.25. The topological polar surface area (TPSA) is 55.6 Å². The van der Waals surface area contributed by atoms with E-state index in [1.165, 1.54) is 17.2 Å². The number of rotatable bonds is 2. The second-order valence-electron chi connectivity index (χ2n) is 5.43. The zero-order valence-corrected chi connectivity index (χ0v) is 12.1. The summed E-state index contributed by atoms with van der Waals surface area (Å²) >= 11 is 0. The first-order valence-corrected chi connectivity index (χ1v) is 6.72. The number of benzene rings is 1. The highest BCUT2D eigenvalue weighted by atomic mass is 35.5. The average molecular weight is 319 g/mol. The molecule has 7 heteroatoms. The first kappa shape index (κ1) is 16.1. The minimum Gasteiger partial charge on any atom is -0.328 e. The fraction of sp³-hybridized carbons (Fsp3) is 0.500. The number of halogens is 3. The molecule has 2 fully saturated rings. The zero-order chi connectivity index (χ0) is 14.3. The molecule has 116 valence electrons. The molecule has 3 rings (SSSR count). The van der Waals surface area contributed by atoms with Crippen LogP contribution in [0.25, 0.3) is 0 Å². The van der Waals surface area contributed by atoms with Gasteiger partial charge in [-0.2, -0.15) is 0 Å². The minimum absolute atomic E-state index is 0. The number of carbonyl (C=O) groups is 1. The van der Waals surface area contributed by atoms with Gasteiger partial charge in [-0.05, 0) is 30.5 Å². The summed E-state index contributed by atoms with van der Waals surface area (Å²) < 4.78 is 26.6.